The molecule has 0 spiro atoms. The first-order chi connectivity index (χ1) is 14.8. The quantitative estimate of drug-likeness (QED) is 0.160. The molecular weight excluding hydrogens is 390 g/mol. The number of nitrogens with one attached hydrogen (secondary N) is 6. The van der Waals surface area contributed by atoms with Gasteiger partial charge in [-0.15, -0.1) is 0 Å². The van der Waals surface area contributed by atoms with Gasteiger partial charge in [0.1, 0.15) is 0 Å². The van der Waals surface area contributed by atoms with E-state index in [0.717, 1.165) is 23.6 Å². The van der Waals surface area contributed by atoms with Crippen LogP contribution in [-0.4, -0.2) is 42.8 Å². The molecule has 0 unspecified atom stereocenters. The van der Waals surface area contributed by atoms with Crippen molar-refractivity contribution in [3.05, 3.63) is 64.7 Å². The van der Waals surface area contributed by atoms with Gasteiger partial charge in [0.2, 0.25) is 5.91 Å². The highest BCUT2D eigenvalue weighted by Crippen LogP contribution is 2.21. The van der Waals surface area contributed by atoms with Crippen molar-refractivity contribution in [1.29, 1.82) is 21.6 Å². The Morgan fingerprint density at radius 3 is 2.45 bits per heavy atom. The summed E-state index contributed by atoms with van der Waals surface area (Å²) in [5.74, 6) is -0.529. The summed E-state index contributed by atoms with van der Waals surface area (Å²) in [7, 11) is 0. The lowest BCUT2D eigenvalue weighted by Gasteiger charge is -2.13. The largest absolute Gasteiger partial charge is 0.398 e. The Labute approximate surface area is 182 Å². The van der Waals surface area contributed by atoms with Crippen LogP contribution < -0.4 is 16.4 Å². The Kier molecular flexibility index (Phi) is 8.78. The van der Waals surface area contributed by atoms with E-state index in [1.807, 2.05) is 24.3 Å². The Bertz CT molecular complexity index is 976. The van der Waals surface area contributed by atoms with Crippen molar-refractivity contribution in [2.45, 2.75) is 25.8 Å². The molecule has 0 saturated heterocycles. The second-order valence-corrected chi connectivity index (χ2v) is 7.22. The van der Waals surface area contributed by atoms with Gasteiger partial charge in [-0.05, 0) is 28.8 Å². The first-order valence-corrected chi connectivity index (χ1v) is 9.96. The molecule has 0 heterocycles. The van der Waals surface area contributed by atoms with E-state index in [1.165, 1.54) is 6.92 Å². The molecule has 8 nitrogen and oxygen atoms in total. The molecule has 1 amide bonds. The molecule has 0 atom stereocenters. The maximum absolute atomic E-state index is 10.9. The van der Waals surface area contributed by atoms with Crippen LogP contribution in [0.5, 0.6) is 0 Å². The van der Waals surface area contributed by atoms with E-state index in [1.54, 1.807) is 18.2 Å². The SMILES string of the molecule is CC(=O)NCCNCc1cccc(CC(=N)C(=N)c2cc(C(C=N)C=N)ccc2N)c1. The van der Waals surface area contributed by atoms with Gasteiger partial charge in [0.05, 0.1) is 17.3 Å². The van der Waals surface area contributed by atoms with E-state index < -0.39 is 5.92 Å². The maximum Gasteiger partial charge on any atom is 0.216 e. The van der Waals surface area contributed by atoms with Crippen molar-refractivity contribution in [1.82, 2.24) is 10.6 Å². The predicted octanol–water partition coefficient (Wildman–Crippen LogP) is 2.51. The number of benzene rings is 2. The number of amides is 1. The van der Waals surface area contributed by atoms with Gasteiger partial charge < -0.3 is 32.6 Å². The molecule has 0 bridgehead atoms. The molecule has 8 heteroatoms. The number of hydrogen-bond acceptors (Lipinski definition) is 7. The van der Waals surface area contributed by atoms with Crippen LogP contribution in [0.3, 0.4) is 0 Å². The maximum atomic E-state index is 10.9. The van der Waals surface area contributed by atoms with Gasteiger partial charge in [0.15, 0.2) is 0 Å². The summed E-state index contributed by atoms with van der Waals surface area (Å²) >= 11 is 0. The van der Waals surface area contributed by atoms with Crippen LogP contribution in [0.25, 0.3) is 0 Å². The van der Waals surface area contributed by atoms with Crippen LogP contribution >= 0.6 is 0 Å². The van der Waals surface area contributed by atoms with Crippen molar-refractivity contribution in [2.75, 3.05) is 18.8 Å². The fourth-order valence-corrected chi connectivity index (χ4v) is 3.10. The van der Waals surface area contributed by atoms with Crippen molar-refractivity contribution >= 4 is 35.4 Å². The molecule has 0 aromatic heterocycles. The second-order valence-electron chi connectivity index (χ2n) is 7.22. The molecule has 0 aliphatic rings. The number of anilines is 1. The average Bonchev–Trinajstić information content (AvgIpc) is 2.75. The number of carbonyl (C=O) groups is 1. The van der Waals surface area contributed by atoms with Gasteiger partial charge in [-0.25, -0.2) is 0 Å². The summed E-state index contributed by atoms with van der Waals surface area (Å²) in [4.78, 5) is 10.9. The van der Waals surface area contributed by atoms with Crippen molar-refractivity contribution in [3.8, 4) is 0 Å². The van der Waals surface area contributed by atoms with Crippen LogP contribution in [0.15, 0.2) is 42.5 Å². The van der Waals surface area contributed by atoms with Gasteiger partial charge in [-0.2, -0.15) is 0 Å². The minimum Gasteiger partial charge on any atom is -0.398 e. The van der Waals surface area contributed by atoms with Gasteiger partial charge in [0, 0.05) is 56.7 Å². The van der Waals surface area contributed by atoms with Gasteiger partial charge in [-0.3, -0.25) is 10.2 Å². The normalized spacial score (nSPS) is 11.4. The van der Waals surface area contributed by atoms with E-state index in [9.17, 15) is 4.79 Å². The van der Waals surface area contributed by atoms with Crippen LogP contribution in [0.1, 0.15) is 35.1 Å². The van der Waals surface area contributed by atoms with Crippen molar-refractivity contribution in [2.24, 2.45) is 0 Å². The summed E-state index contributed by atoms with van der Waals surface area (Å²) in [6, 6.07) is 12.9. The minimum atomic E-state index is -0.476. The van der Waals surface area contributed by atoms with Gasteiger partial charge in [0.25, 0.3) is 0 Å². The van der Waals surface area contributed by atoms with E-state index in [-0.39, 0.29) is 17.3 Å². The molecule has 2 aromatic rings. The molecule has 0 aliphatic heterocycles. The standard InChI is InChI=1S/C23H29N7O/c1-15(31)30-8-7-29-14-17-4-2-3-16(9-17)10-22(27)23(28)20-11-18(5-6-21(20)26)19(12-24)13-25/h2-6,9,11-13,19,24-25,27-29H,7-8,10,14,26H2,1H3,(H,30,31). The van der Waals surface area contributed by atoms with Crippen LogP contribution in [-0.2, 0) is 17.8 Å². The first-order valence-electron chi connectivity index (χ1n) is 9.96. The number of rotatable bonds is 12. The Hall–Kier alpha value is -3.65. The fraction of sp³-hybridized carbons (Fsp3) is 0.261. The number of nitrogens with two attached hydrogens (primary N) is 1. The lowest BCUT2D eigenvalue weighted by Crippen LogP contribution is -2.29. The van der Waals surface area contributed by atoms with Crippen molar-refractivity contribution in [3.63, 3.8) is 0 Å². The molecule has 8 N–H and O–H groups in total. The zero-order valence-corrected chi connectivity index (χ0v) is 17.6. The minimum absolute atomic E-state index is 0.0342. The van der Waals surface area contributed by atoms with Crippen LogP contribution in [0.4, 0.5) is 5.69 Å². The number of hydrogen-bond donors (Lipinski definition) is 7. The molecule has 0 saturated carbocycles. The fourth-order valence-electron chi connectivity index (χ4n) is 3.10. The van der Waals surface area contributed by atoms with Crippen molar-refractivity contribution < 1.29 is 4.79 Å². The smallest absolute Gasteiger partial charge is 0.216 e. The molecule has 0 radical (unpaired) electrons. The number of nitrogen functional groups attached to an aromatic ring is 1. The molecule has 0 aliphatic carbocycles. The summed E-state index contributed by atoms with van der Waals surface area (Å²) in [5, 5.41) is 37.7. The highest BCUT2D eigenvalue weighted by molar-refractivity contribution is 6.47. The van der Waals surface area contributed by atoms with E-state index in [2.05, 4.69) is 10.6 Å². The summed E-state index contributed by atoms with van der Waals surface area (Å²) in [6.07, 6.45) is 2.61. The Morgan fingerprint density at radius 2 is 1.77 bits per heavy atom. The van der Waals surface area contributed by atoms with Gasteiger partial charge in [-0.1, -0.05) is 30.3 Å². The topological polar surface area (TPSA) is 163 Å². The Balaban J connectivity index is 2.04. The molecule has 0 fully saturated rings. The molecule has 2 aromatic carbocycles. The van der Waals surface area contributed by atoms with E-state index in [4.69, 9.17) is 27.4 Å². The zero-order valence-electron chi connectivity index (χ0n) is 17.6. The number of carbonyl (C=O) groups excluding carboxylic acids is 1. The Morgan fingerprint density at radius 1 is 1.06 bits per heavy atom. The average molecular weight is 420 g/mol. The lowest BCUT2D eigenvalue weighted by atomic mass is 9.93. The van der Waals surface area contributed by atoms with E-state index >= 15 is 0 Å². The zero-order chi connectivity index (χ0) is 22.8. The molecule has 31 heavy (non-hydrogen) atoms. The first kappa shape index (κ1) is 23.6. The highest BCUT2D eigenvalue weighted by Gasteiger charge is 2.15. The lowest BCUT2D eigenvalue weighted by molar-refractivity contribution is -0.118. The van der Waals surface area contributed by atoms with E-state index in [0.29, 0.717) is 42.9 Å². The third-order valence-electron chi connectivity index (χ3n) is 4.77. The monoisotopic (exact) mass is 419 g/mol. The predicted molar refractivity (Wildman–Crippen MR) is 126 cm³/mol. The summed E-state index contributed by atoms with van der Waals surface area (Å²) in [6.45, 7) is 3.35. The summed E-state index contributed by atoms with van der Waals surface area (Å²) < 4.78 is 0. The highest BCUT2D eigenvalue weighted by atomic mass is 16.1. The molecule has 2 rings (SSSR count). The van der Waals surface area contributed by atoms with Crippen LogP contribution in [0.2, 0.25) is 0 Å². The second kappa shape index (κ2) is 11.5. The molecular formula is C23H29N7O. The summed E-state index contributed by atoms with van der Waals surface area (Å²) in [5.41, 5.74) is 9.71. The third-order valence-corrected chi connectivity index (χ3v) is 4.77. The molecule has 162 valence electrons. The van der Waals surface area contributed by atoms with Crippen LogP contribution in [0, 0.1) is 21.6 Å². The third kappa shape index (κ3) is 6.97. The van der Waals surface area contributed by atoms with Gasteiger partial charge >= 0.3 is 0 Å².